The Kier molecular flexibility index (Phi) is 4.08. The summed E-state index contributed by atoms with van der Waals surface area (Å²) in [5.74, 6) is 4.40. The minimum absolute atomic E-state index is 0.160. The number of fused-ring (bicyclic) bond motifs is 1. The summed E-state index contributed by atoms with van der Waals surface area (Å²) < 4.78 is 20.4. The summed E-state index contributed by atoms with van der Waals surface area (Å²) in [4.78, 5) is 12.2. The maximum absolute atomic E-state index is 14.0. The van der Waals surface area contributed by atoms with Gasteiger partial charge >= 0.3 is 0 Å². The summed E-state index contributed by atoms with van der Waals surface area (Å²) in [6.45, 7) is 5.87. The third kappa shape index (κ3) is 2.98. The van der Waals surface area contributed by atoms with Crippen molar-refractivity contribution < 1.29 is 13.9 Å². The van der Waals surface area contributed by atoms with E-state index in [1.165, 1.54) is 17.4 Å². The van der Waals surface area contributed by atoms with Crippen LogP contribution in [-0.4, -0.2) is 11.5 Å². The highest BCUT2D eigenvalue weighted by atomic mass is 32.1. The second-order valence-electron chi connectivity index (χ2n) is 5.40. The molecule has 1 heterocycles. The molecule has 20 heavy (non-hydrogen) atoms. The fourth-order valence-corrected chi connectivity index (χ4v) is 2.97. The molecule has 3 N–H and O–H groups in total. The van der Waals surface area contributed by atoms with Crippen molar-refractivity contribution in [2.24, 2.45) is 5.84 Å². The third-order valence-electron chi connectivity index (χ3n) is 2.75. The lowest BCUT2D eigenvalue weighted by molar-refractivity contribution is -0.0146. The minimum Gasteiger partial charge on any atom is -0.371 e. The van der Waals surface area contributed by atoms with E-state index in [-0.39, 0.29) is 18.0 Å². The number of rotatable bonds is 3. The van der Waals surface area contributed by atoms with Gasteiger partial charge in [0.1, 0.15) is 10.7 Å². The molecule has 0 saturated heterocycles. The van der Waals surface area contributed by atoms with Gasteiger partial charge in [-0.25, -0.2) is 10.2 Å². The van der Waals surface area contributed by atoms with Crippen LogP contribution >= 0.6 is 11.3 Å². The van der Waals surface area contributed by atoms with Crippen LogP contribution in [0.5, 0.6) is 0 Å². The Labute approximate surface area is 120 Å². The number of carbonyl (C=O) groups is 1. The van der Waals surface area contributed by atoms with Crippen LogP contribution in [0.25, 0.3) is 10.1 Å². The molecule has 0 aliphatic heterocycles. The lowest BCUT2D eigenvalue weighted by atomic mass is 10.1. The number of carbonyl (C=O) groups excluding carboxylic acids is 1. The van der Waals surface area contributed by atoms with Crippen LogP contribution in [0.3, 0.4) is 0 Å². The molecule has 108 valence electrons. The normalized spacial score (nSPS) is 11.8. The number of hydrogen-bond acceptors (Lipinski definition) is 4. The van der Waals surface area contributed by atoms with E-state index in [0.29, 0.717) is 20.5 Å². The fraction of sp³-hybridized carbons (Fsp3) is 0.357. The number of ether oxygens (including phenoxy) is 1. The zero-order valence-electron chi connectivity index (χ0n) is 11.6. The van der Waals surface area contributed by atoms with E-state index in [0.717, 1.165) is 0 Å². The van der Waals surface area contributed by atoms with Crippen LogP contribution in [0.2, 0.25) is 0 Å². The van der Waals surface area contributed by atoms with Gasteiger partial charge in [-0.3, -0.25) is 10.2 Å². The Bertz CT molecular complexity index is 646. The first-order chi connectivity index (χ1) is 9.33. The monoisotopic (exact) mass is 296 g/mol. The van der Waals surface area contributed by atoms with Gasteiger partial charge in [0.15, 0.2) is 0 Å². The highest BCUT2D eigenvalue weighted by Crippen LogP contribution is 2.34. The van der Waals surface area contributed by atoms with Crippen LogP contribution in [-0.2, 0) is 11.3 Å². The molecule has 0 saturated carbocycles. The van der Waals surface area contributed by atoms with Crippen molar-refractivity contribution in [1.82, 2.24) is 5.43 Å². The Morgan fingerprint density at radius 1 is 1.45 bits per heavy atom. The van der Waals surface area contributed by atoms with Gasteiger partial charge < -0.3 is 4.74 Å². The molecule has 2 aromatic rings. The maximum Gasteiger partial charge on any atom is 0.275 e. The average Bonchev–Trinajstić information content (AvgIpc) is 2.74. The van der Waals surface area contributed by atoms with Crippen molar-refractivity contribution in [3.05, 3.63) is 34.5 Å². The lowest BCUT2D eigenvalue weighted by Crippen LogP contribution is -2.30. The van der Waals surface area contributed by atoms with Crippen molar-refractivity contribution >= 4 is 27.3 Å². The standard InChI is InChI=1S/C14H17FN2O2S/c1-14(2,3)19-7-8-11-9(15)5-4-6-10(11)20-12(8)13(18)17-16/h4-6H,7,16H2,1-3H3,(H,17,18). The molecule has 0 atom stereocenters. The Hall–Kier alpha value is -1.50. The van der Waals surface area contributed by atoms with Gasteiger partial charge in [0.05, 0.1) is 12.2 Å². The van der Waals surface area contributed by atoms with E-state index >= 15 is 0 Å². The topological polar surface area (TPSA) is 64.3 Å². The summed E-state index contributed by atoms with van der Waals surface area (Å²) in [5, 5.41) is 0.431. The molecule has 1 amide bonds. The van der Waals surface area contributed by atoms with Gasteiger partial charge in [-0.1, -0.05) is 6.07 Å². The van der Waals surface area contributed by atoms with Gasteiger partial charge in [-0.05, 0) is 32.9 Å². The SMILES string of the molecule is CC(C)(C)OCc1c(C(=O)NN)sc2cccc(F)c12. The second-order valence-corrected chi connectivity index (χ2v) is 6.45. The molecular formula is C14H17FN2O2S. The molecule has 0 spiro atoms. The molecule has 2 rings (SSSR count). The molecule has 0 aliphatic carbocycles. The zero-order chi connectivity index (χ0) is 14.9. The summed E-state index contributed by atoms with van der Waals surface area (Å²) in [7, 11) is 0. The van der Waals surface area contributed by atoms with Gasteiger partial charge in [0, 0.05) is 15.6 Å². The van der Waals surface area contributed by atoms with Crippen molar-refractivity contribution in [3.63, 3.8) is 0 Å². The van der Waals surface area contributed by atoms with Crippen LogP contribution in [0.15, 0.2) is 18.2 Å². The smallest absolute Gasteiger partial charge is 0.275 e. The molecule has 0 fully saturated rings. The van der Waals surface area contributed by atoms with Crippen LogP contribution < -0.4 is 11.3 Å². The molecular weight excluding hydrogens is 279 g/mol. The predicted octanol–water partition coefficient (Wildman–Crippen LogP) is 2.96. The van der Waals surface area contributed by atoms with Crippen molar-refractivity contribution in [3.8, 4) is 0 Å². The number of halogens is 1. The van der Waals surface area contributed by atoms with E-state index in [1.54, 1.807) is 12.1 Å². The molecule has 0 radical (unpaired) electrons. The number of benzene rings is 1. The Morgan fingerprint density at radius 2 is 2.15 bits per heavy atom. The number of thiophene rings is 1. The first kappa shape index (κ1) is 14.9. The molecule has 1 aromatic heterocycles. The van der Waals surface area contributed by atoms with E-state index in [9.17, 15) is 9.18 Å². The number of nitrogen functional groups attached to an aromatic ring is 1. The summed E-state index contributed by atoms with van der Waals surface area (Å²) >= 11 is 1.21. The van der Waals surface area contributed by atoms with Crippen molar-refractivity contribution in [2.45, 2.75) is 33.0 Å². The van der Waals surface area contributed by atoms with Crippen molar-refractivity contribution in [2.75, 3.05) is 0 Å². The van der Waals surface area contributed by atoms with E-state index < -0.39 is 5.91 Å². The second kappa shape index (κ2) is 5.47. The third-order valence-corrected chi connectivity index (χ3v) is 3.95. The number of nitrogens with two attached hydrogens (primary N) is 1. The van der Waals surface area contributed by atoms with Gasteiger partial charge in [-0.2, -0.15) is 0 Å². The zero-order valence-corrected chi connectivity index (χ0v) is 12.4. The van der Waals surface area contributed by atoms with E-state index in [2.05, 4.69) is 5.43 Å². The van der Waals surface area contributed by atoms with Crippen LogP contribution in [0.1, 0.15) is 36.0 Å². The highest BCUT2D eigenvalue weighted by Gasteiger charge is 2.22. The number of hydrogen-bond donors (Lipinski definition) is 2. The first-order valence-corrected chi connectivity index (χ1v) is 7.00. The Balaban J connectivity index is 2.55. The quantitative estimate of drug-likeness (QED) is 0.520. The maximum atomic E-state index is 14.0. The van der Waals surface area contributed by atoms with Crippen molar-refractivity contribution in [1.29, 1.82) is 0 Å². The number of hydrazine groups is 1. The van der Waals surface area contributed by atoms with Gasteiger partial charge in [0.2, 0.25) is 0 Å². The summed E-state index contributed by atoms with van der Waals surface area (Å²) in [6.07, 6.45) is 0. The summed E-state index contributed by atoms with van der Waals surface area (Å²) in [5.41, 5.74) is 2.26. The average molecular weight is 296 g/mol. The van der Waals surface area contributed by atoms with Crippen LogP contribution in [0, 0.1) is 5.82 Å². The Morgan fingerprint density at radius 3 is 2.75 bits per heavy atom. The highest BCUT2D eigenvalue weighted by molar-refractivity contribution is 7.21. The fourth-order valence-electron chi connectivity index (χ4n) is 1.84. The first-order valence-electron chi connectivity index (χ1n) is 6.18. The number of amides is 1. The predicted molar refractivity (Wildman–Crippen MR) is 78.0 cm³/mol. The molecule has 6 heteroatoms. The molecule has 0 aliphatic rings. The van der Waals surface area contributed by atoms with Gasteiger partial charge in [0.25, 0.3) is 5.91 Å². The molecule has 0 unspecified atom stereocenters. The van der Waals surface area contributed by atoms with Gasteiger partial charge in [-0.15, -0.1) is 11.3 Å². The molecule has 4 nitrogen and oxygen atoms in total. The van der Waals surface area contributed by atoms with Crippen LogP contribution in [0.4, 0.5) is 4.39 Å². The lowest BCUT2D eigenvalue weighted by Gasteiger charge is -2.19. The largest absolute Gasteiger partial charge is 0.371 e. The summed E-state index contributed by atoms with van der Waals surface area (Å²) in [6, 6.07) is 4.77. The molecule has 0 bridgehead atoms. The number of nitrogens with one attached hydrogen (secondary N) is 1. The van der Waals surface area contributed by atoms with E-state index in [4.69, 9.17) is 10.6 Å². The molecule has 1 aromatic carbocycles. The minimum atomic E-state index is -0.432. The van der Waals surface area contributed by atoms with E-state index in [1.807, 2.05) is 20.8 Å².